The first-order valence-electron chi connectivity index (χ1n) is 7.83. The Morgan fingerprint density at radius 3 is 2.24 bits per heavy atom. The summed E-state index contributed by atoms with van der Waals surface area (Å²) in [7, 11) is 0. The molecule has 0 aliphatic heterocycles. The van der Waals surface area contributed by atoms with E-state index in [1.54, 1.807) is 0 Å². The average Bonchev–Trinajstić information content (AvgIpc) is 2.76. The van der Waals surface area contributed by atoms with Crippen LogP contribution in [0.15, 0.2) is 30.3 Å². The predicted molar refractivity (Wildman–Crippen MR) is 82.6 cm³/mol. The number of carbonyl (C=O) groups is 2. The van der Waals surface area contributed by atoms with E-state index in [0.717, 1.165) is 31.2 Å². The second-order valence-electron chi connectivity index (χ2n) is 5.77. The Bertz CT molecular complexity index is 465. The van der Waals surface area contributed by atoms with E-state index in [1.807, 2.05) is 37.3 Å². The van der Waals surface area contributed by atoms with Crippen molar-refractivity contribution >= 4 is 11.8 Å². The van der Waals surface area contributed by atoms with Crippen LogP contribution >= 0.6 is 0 Å². The zero-order valence-corrected chi connectivity index (χ0v) is 12.6. The average molecular weight is 288 g/mol. The summed E-state index contributed by atoms with van der Waals surface area (Å²) in [6, 6.07) is 9.63. The van der Waals surface area contributed by atoms with Crippen LogP contribution in [-0.2, 0) is 9.59 Å². The van der Waals surface area contributed by atoms with Crippen LogP contribution in [-0.4, -0.2) is 17.9 Å². The van der Waals surface area contributed by atoms with Gasteiger partial charge in [0, 0.05) is 6.04 Å². The molecule has 1 atom stereocenters. The number of rotatable bonds is 3. The highest BCUT2D eigenvalue weighted by atomic mass is 16.2. The molecule has 0 aromatic heterocycles. The third-order valence-corrected chi connectivity index (χ3v) is 4.04. The molecule has 2 N–H and O–H groups in total. The van der Waals surface area contributed by atoms with Gasteiger partial charge >= 0.3 is 11.8 Å². The number of benzene rings is 1. The van der Waals surface area contributed by atoms with Crippen LogP contribution in [0.4, 0.5) is 0 Å². The van der Waals surface area contributed by atoms with Crippen molar-refractivity contribution in [2.45, 2.75) is 57.5 Å². The fourth-order valence-electron chi connectivity index (χ4n) is 2.76. The summed E-state index contributed by atoms with van der Waals surface area (Å²) in [6.45, 7) is 1.88. The smallest absolute Gasteiger partial charge is 0.309 e. The zero-order valence-electron chi connectivity index (χ0n) is 12.6. The second kappa shape index (κ2) is 7.81. The Labute approximate surface area is 126 Å². The van der Waals surface area contributed by atoms with Crippen LogP contribution < -0.4 is 10.6 Å². The van der Waals surface area contributed by atoms with Gasteiger partial charge in [-0.05, 0) is 25.3 Å². The van der Waals surface area contributed by atoms with Crippen LogP contribution in [0.5, 0.6) is 0 Å². The molecule has 1 unspecified atom stereocenters. The number of hydrogen-bond acceptors (Lipinski definition) is 2. The molecule has 0 spiro atoms. The highest BCUT2D eigenvalue weighted by Gasteiger charge is 2.21. The quantitative estimate of drug-likeness (QED) is 0.663. The molecule has 114 valence electrons. The fraction of sp³-hybridized carbons (Fsp3) is 0.529. The third kappa shape index (κ3) is 4.88. The lowest BCUT2D eigenvalue weighted by molar-refractivity contribution is -0.140. The molecule has 2 amide bonds. The summed E-state index contributed by atoms with van der Waals surface area (Å²) in [4.78, 5) is 23.9. The van der Waals surface area contributed by atoms with Gasteiger partial charge in [-0.15, -0.1) is 0 Å². The number of carbonyl (C=O) groups excluding carboxylic acids is 2. The summed E-state index contributed by atoms with van der Waals surface area (Å²) in [6.07, 6.45) is 6.67. The largest absolute Gasteiger partial charge is 0.345 e. The van der Waals surface area contributed by atoms with Crippen molar-refractivity contribution < 1.29 is 9.59 Å². The summed E-state index contributed by atoms with van der Waals surface area (Å²) >= 11 is 0. The molecular formula is C17H24N2O2. The molecule has 0 saturated heterocycles. The van der Waals surface area contributed by atoms with Crippen LogP contribution in [0.25, 0.3) is 0 Å². The second-order valence-corrected chi connectivity index (χ2v) is 5.77. The van der Waals surface area contributed by atoms with E-state index < -0.39 is 11.8 Å². The molecule has 1 saturated carbocycles. The monoisotopic (exact) mass is 288 g/mol. The topological polar surface area (TPSA) is 58.2 Å². The lowest BCUT2D eigenvalue weighted by Gasteiger charge is -2.18. The minimum atomic E-state index is -0.546. The molecule has 1 aromatic rings. The lowest BCUT2D eigenvalue weighted by Crippen LogP contribution is -2.45. The minimum absolute atomic E-state index is 0.151. The summed E-state index contributed by atoms with van der Waals surface area (Å²) in [5.41, 5.74) is 0.994. The first kappa shape index (κ1) is 15.5. The molecule has 21 heavy (non-hydrogen) atoms. The van der Waals surface area contributed by atoms with Crippen LogP contribution in [0.1, 0.15) is 57.1 Å². The number of nitrogens with one attached hydrogen (secondary N) is 2. The van der Waals surface area contributed by atoms with Gasteiger partial charge in [0.25, 0.3) is 0 Å². The molecule has 1 aliphatic rings. The van der Waals surface area contributed by atoms with E-state index in [9.17, 15) is 9.59 Å². The van der Waals surface area contributed by atoms with E-state index in [0.29, 0.717) is 0 Å². The predicted octanol–water partition coefficient (Wildman–Crippen LogP) is 2.70. The number of hydrogen-bond donors (Lipinski definition) is 2. The number of amides is 2. The maximum Gasteiger partial charge on any atom is 0.309 e. The molecule has 1 aliphatic carbocycles. The van der Waals surface area contributed by atoms with Gasteiger partial charge in [-0.25, -0.2) is 0 Å². The first-order valence-corrected chi connectivity index (χ1v) is 7.83. The zero-order chi connectivity index (χ0) is 15.1. The van der Waals surface area contributed by atoms with Gasteiger partial charge in [0.1, 0.15) is 0 Å². The molecular weight excluding hydrogens is 264 g/mol. The van der Waals surface area contributed by atoms with Crippen LogP contribution in [0, 0.1) is 0 Å². The first-order chi connectivity index (χ1) is 10.2. The van der Waals surface area contributed by atoms with Crippen molar-refractivity contribution in [1.29, 1.82) is 0 Å². The van der Waals surface area contributed by atoms with Gasteiger partial charge < -0.3 is 10.6 Å². The Balaban J connectivity index is 1.83. The van der Waals surface area contributed by atoms with Crippen molar-refractivity contribution in [3.63, 3.8) is 0 Å². The summed E-state index contributed by atoms with van der Waals surface area (Å²) in [5, 5.41) is 5.61. The van der Waals surface area contributed by atoms with Gasteiger partial charge in [-0.2, -0.15) is 0 Å². The SMILES string of the molecule is CC(NC(=O)C(=O)NC1CCCCCC1)c1ccccc1. The normalized spacial score (nSPS) is 17.6. The minimum Gasteiger partial charge on any atom is -0.345 e. The van der Waals surface area contributed by atoms with Crippen molar-refractivity contribution in [2.75, 3.05) is 0 Å². The van der Waals surface area contributed by atoms with Crippen molar-refractivity contribution in [1.82, 2.24) is 10.6 Å². The standard InChI is InChI=1S/C17H24N2O2/c1-13(14-9-5-4-6-10-14)18-16(20)17(21)19-15-11-7-2-3-8-12-15/h4-6,9-10,13,15H,2-3,7-8,11-12H2,1H3,(H,18,20)(H,19,21). The van der Waals surface area contributed by atoms with Crippen molar-refractivity contribution in [3.8, 4) is 0 Å². The van der Waals surface area contributed by atoms with E-state index in [4.69, 9.17) is 0 Å². The summed E-state index contributed by atoms with van der Waals surface area (Å²) < 4.78 is 0. The van der Waals surface area contributed by atoms with Crippen LogP contribution in [0.3, 0.4) is 0 Å². The van der Waals surface area contributed by atoms with Crippen molar-refractivity contribution in [3.05, 3.63) is 35.9 Å². The lowest BCUT2D eigenvalue weighted by atomic mass is 10.1. The Kier molecular flexibility index (Phi) is 5.78. The van der Waals surface area contributed by atoms with Gasteiger partial charge in [-0.3, -0.25) is 9.59 Å². The van der Waals surface area contributed by atoms with Crippen LogP contribution in [0.2, 0.25) is 0 Å². The molecule has 2 rings (SSSR count). The Morgan fingerprint density at radius 1 is 1.00 bits per heavy atom. The van der Waals surface area contributed by atoms with E-state index in [1.165, 1.54) is 12.8 Å². The molecule has 0 radical (unpaired) electrons. The molecule has 1 aromatic carbocycles. The molecule has 4 heteroatoms. The maximum atomic E-state index is 12.0. The molecule has 1 fully saturated rings. The van der Waals surface area contributed by atoms with E-state index in [-0.39, 0.29) is 12.1 Å². The van der Waals surface area contributed by atoms with Gasteiger partial charge in [0.15, 0.2) is 0 Å². The van der Waals surface area contributed by atoms with Crippen molar-refractivity contribution in [2.24, 2.45) is 0 Å². The maximum absolute atomic E-state index is 12.0. The van der Waals surface area contributed by atoms with Gasteiger partial charge in [0.2, 0.25) is 0 Å². The fourth-order valence-corrected chi connectivity index (χ4v) is 2.76. The summed E-state index contributed by atoms with van der Waals surface area (Å²) in [5.74, 6) is -1.06. The highest BCUT2D eigenvalue weighted by molar-refractivity contribution is 6.35. The van der Waals surface area contributed by atoms with E-state index in [2.05, 4.69) is 10.6 Å². The molecule has 0 heterocycles. The van der Waals surface area contributed by atoms with Gasteiger partial charge in [-0.1, -0.05) is 56.0 Å². The third-order valence-electron chi connectivity index (χ3n) is 4.04. The molecule has 4 nitrogen and oxygen atoms in total. The van der Waals surface area contributed by atoms with Gasteiger partial charge in [0.05, 0.1) is 6.04 Å². The van der Waals surface area contributed by atoms with E-state index >= 15 is 0 Å². The Hall–Kier alpha value is -1.84. The highest BCUT2D eigenvalue weighted by Crippen LogP contribution is 2.17. The Morgan fingerprint density at radius 2 is 1.62 bits per heavy atom. The molecule has 0 bridgehead atoms.